The van der Waals surface area contributed by atoms with Gasteiger partial charge in [0.05, 0.1) is 12.2 Å². The lowest BCUT2D eigenvalue weighted by molar-refractivity contribution is -0.145. The molecule has 8 heteroatoms. The van der Waals surface area contributed by atoms with Gasteiger partial charge in [0.15, 0.2) is 0 Å². The summed E-state index contributed by atoms with van der Waals surface area (Å²) in [5.41, 5.74) is -1.78. The highest BCUT2D eigenvalue weighted by Gasteiger charge is 2.32. The average Bonchev–Trinajstić information content (AvgIpc) is 2.80. The third-order valence-corrected chi connectivity index (χ3v) is 5.93. The van der Waals surface area contributed by atoms with Crippen LogP contribution in [0.5, 0.6) is 0 Å². The van der Waals surface area contributed by atoms with E-state index in [4.69, 9.17) is 4.74 Å². The fraction of sp³-hybridized carbons (Fsp3) is 0.704. The van der Waals surface area contributed by atoms with Crippen molar-refractivity contribution in [1.29, 1.82) is 0 Å². The molecule has 4 nitrogen and oxygen atoms in total. The molecular weight excluding hydrogens is 462 g/mol. The van der Waals surface area contributed by atoms with Crippen molar-refractivity contribution in [1.82, 2.24) is 5.32 Å². The molecule has 1 N–H and O–H groups in total. The Morgan fingerprint density at radius 2 is 1.31 bits per heavy atom. The number of unbranched alkanes of at least 4 members (excludes halogenated alkanes) is 13. The SMILES string of the molecule is CCCCCCCCCCCCCCCCOC(=O)C(C)NC(=O)c1cc(F)cc(C(F)(F)F)c1. The van der Waals surface area contributed by atoms with Crippen LogP contribution >= 0.6 is 0 Å². The molecule has 0 aliphatic heterocycles. The van der Waals surface area contributed by atoms with Crippen LogP contribution in [0, 0.1) is 5.82 Å². The summed E-state index contributed by atoms with van der Waals surface area (Å²) in [4.78, 5) is 24.2. The van der Waals surface area contributed by atoms with Gasteiger partial charge in [-0.1, -0.05) is 90.4 Å². The number of hydrogen-bond donors (Lipinski definition) is 1. The number of esters is 1. The monoisotopic (exact) mass is 503 g/mol. The molecule has 1 atom stereocenters. The predicted molar refractivity (Wildman–Crippen MR) is 130 cm³/mol. The van der Waals surface area contributed by atoms with Crippen molar-refractivity contribution in [3.05, 3.63) is 35.1 Å². The van der Waals surface area contributed by atoms with E-state index in [-0.39, 0.29) is 6.61 Å². The van der Waals surface area contributed by atoms with Gasteiger partial charge in [-0.2, -0.15) is 13.2 Å². The molecular formula is C27H41F4NO3. The van der Waals surface area contributed by atoms with Crippen molar-refractivity contribution in [2.45, 2.75) is 116 Å². The van der Waals surface area contributed by atoms with Crippen molar-refractivity contribution in [3.8, 4) is 0 Å². The molecule has 0 fully saturated rings. The molecule has 0 bridgehead atoms. The molecule has 1 unspecified atom stereocenters. The number of rotatable bonds is 18. The molecule has 1 amide bonds. The fourth-order valence-electron chi connectivity index (χ4n) is 3.82. The van der Waals surface area contributed by atoms with Crippen LogP contribution in [-0.4, -0.2) is 24.5 Å². The number of alkyl halides is 3. The summed E-state index contributed by atoms with van der Waals surface area (Å²) < 4.78 is 57.0. The second-order valence-electron chi connectivity index (χ2n) is 9.19. The average molecular weight is 504 g/mol. The maximum Gasteiger partial charge on any atom is 0.416 e. The van der Waals surface area contributed by atoms with Crippen molar-refractivity contribution in [2.75, 3.05) is 6.61 Å². The summed E-state index contributed by atoms with van der Waals surface area (Å²) in [5.74, 6) is -2.84. The first-order chi connectivity index (χ1) is 16.6. The van der Waals surface area contributed by atoms with E-state index in [2.05, 4.69) is 12.2 Å². The lowest BCUT2D eigenvalue weighted by Crippen LogP contribution is -2.39. The van der Waals surface area contributed by atoms with Crippen LogP contribution in [0.4, 0.5) is 17.6 Å². The van der Waals surface area contributed by atoms with E-state index in [1.165, 1.54) is 71.1 Å². The number of ether oxygens (including phenoxy) is 1. The number of amides is 1. The third-order valence-electron chi connectivity index (χ3n) is 5.93. The highest BCUT2D eigenvalue weighted by molar-refractivity contribution is 5.96. The predicted octanol–water partition coefficient (Wildman–Crippen LogP) is 7.99. The van der Waals surface area contributed by atoms with Crippen molar-refractivity contribution >= 4 is 11.9 Å². The number of carbonyl (C=O) groups excluding carboxylic acids is 2. The Morgan fingerprint density at radius 3 is 1.80 bits per heavy atom. The van der Waals surface area contributed by atoms with E-state index in [9.17, 15) is 27.2 Å². The highest BCUT2D eigenvalue weighted by Crippen LogP contribution is 2.30. The Morgan fingerprint density at radius 1 is 0.829 bits per heavy atom. The van der Waals surface area contributed by atoms with Crippen LogP contribution in [0.2, 0.25) is 0 Å². The normalized spacial score (nSPS) is 12.4. The Labute approximate surface area is 207 Å². The summed E-state index contributed by atoms with van der Waals surface area (Å²) in [6.45, 7) is 3.82. The number of halogens is 4. The lowest BCUT2D eigenvalue weighted by atomic mass is 10.0. The molecule has 0 heterocycles. The third kappa shape index (κ3) is 14.1. The minimum Gasteiger partial charge on any atom is -0.464 e. The van der Waals surface area contributed by atoms with Crippen LogP contribution in [-0.2, 0) is 15.7 Å². The Kier molecular flexibility index (Phi) is 15.3. The van der Waals surface area contributed by atoms with Gasteiger partial charge in [0.1, 0.15) is 11.9 Å². The van der Waals surface area contributed by atoms with Gasteiger partial charge in [0.2, 0.25) is 0 Å². The molecule has 1 aromatic carbocycles. The summed E-state index contributed by atoms with van der Waals surface area (Å²) >= 11 is 0. The van der Waals surface area contributed by atoms with E-state index in [0.717, 1.165) is 19.3 Å². The van der Waals surface area contributed by atoms with Crippen molar-refractivity contribution < 1.29 is 31.9 Å². The Bertz CT molecular complexity index is 752. The molecule has 1 rings (SSSR count). The minimum atomic E-state index is -4.78. The quantitative estimate of drug-likeness (QED) is 0.125. The van der Waals surface area contributed by atoms with Gasteiger partial charge in [0.25, 0.3) is 5.91 Å². The molecule has 0 spiro atoms. The highest BCUT2D eigenvalue weighted by atomic mass is 19.4. The van der Waals surface area contributed by atoms with Gasteiger partial charge in [-0.05, 0) is 31.5 Å². The van der Waals surface area contributed by atoms with Gasteiger partial charge in [-0.25, -0.2) is 9.18 Å². The molecule has 1 aromatic rings. The summed E-state index contributed by atoms with van der Waals surface area (Å²) in [6.07, 6.45) is 12.2. The molecule has 0 saturated carbocycles. The first kappa shape index (κ1) is 30.9. The second kappa shape index (κ2) is 17.3. The molecule has 0 aromatic heterocycles. The van der Waals surface area contributed by atoms with Gasteiger partial charge in [0, 0.05) is 5.56 Å². The van der Waals surface area contributed by atoms with Crippen LogP contribution in [0.25, 0.3) is 0 Å². The van der Waals surface area contributed by atoms with E-state index < -0.39 is 41.0 Å². The Hall–Kier alpha value is -2.12. The second-order valence-corrected chi connectivity index (χ2v) is 9.19. The molecule has 0 saturated heterocycles. The van der Waals surface area contributed by atoms with E-state index in [1.807, 2.05) is 0 Å². The van der Waals surface area contributed by atoms with Crippen LogP contribution in [0.15, 0.2) is 18.2 Å². The van der Waals surface area contributed by atoms with E-state index in [1.54, 1.807) is 0 Å². The maximum atomic E-state index is 13.5. The topological polar surface area (TPSA) is 55.4 Å². The molecule has 0 aliphatic carbocycles. The first-order valence-corrected chi connectivity index (χ1v) is 13.0. The van der Waals surface area contributed by atoms with Crippen molar-refractivity contribution in [3.63, 3.8) is 0 Å². The zero-order chi connectivity index (χ0) is 26.1. The van der Waals surface area contributed by atoms with Crippen molar-refractivity contribution in [2.24, 2.45) is 0 Å². The fourth-order valence-corrected chi connectivity index (χ4v) is 3.82. The lowest BCUT2D eigenvalue weighted by Gasteiger charge is -2.14. The van der Waals surface area contributed by atoms with Crippen LogP contribution < -0.4 is 5.32 Å². The minimum absolute atomic E-state index is 0.218. The zero-order valence-corrected chi connectivity index (χ0v) is 21.2. The van der Waals surface area contributed by atoms with Gasteiger partial charge < -0.3 is 10.1 Å². The zero-order valence-electron chi connectivity index (χ0n) is 21.2. The van der Waals surface area contributed by atoms with E-state index in [0.29, 0.717) is 24.6 Å². The molecule has 200 valence electrons. The number of nitrogens with one attached hydrogen (secondary N) is 1. The number of benzene rings is 1. The van der Waals surface area contributed by atoms with Gasteiger partial charge >= 0.3 is 12.1 Å². The molecule has 0 radical (unpaired) electrons. The van der Waals surface area contributed by atoms with Crippen LogP contribution in [0.1, 0.15) is 120 Å². The molecule has 0 aliphatic rings. The Balaban J connectivity index is 2.12. The number of carbonyl (C=O) groups is 2. The standard InChI is InChI=1S/C27H41F4NO3/c1-3-4-5-6-7-8-9-10-11-12-13-14-15-16-17-35-26(34)21(2)32-25(33)22-18-23(27(29,30)31)20-24(28)19-22/h18-21H,3-17H2,1-2H3,(H,32,33). The van der Waals surface area contributed by atoms with Gasteiger partial charge in [-0.15, -0.1) is 0 Å². The number of hydrogen-bond acceptors (Lipinski definition) is 3. The van der Waals surface area contributed by atoms with Gasteiger partial charge in [-0.3, -0.25) is 4.79 Å². The first-order valence-electron chi connectivity index (χ1n) is 13.0. The van der Waals surface area contributed by atoms with E-state index >= 15 is 0 Å². The maximum absolute atomic E-state index is 13.5. The summed E-state index contributed by atoms with van der Waals surface area (Å²) in [6, 6.07) is 0.486. The smallest absolute Gasteiger partial charge is 0.416 e. The molecule has 35 heavy (non-hydrogen) atoms. The van der Waals surface area contributed by atoms with Crippen LogP contribution in [0.3, 0.4) is 0 Å². The largest absolute Gasteiger partial charge is 0.464 e. The summed E-state index contributed by atoms with van der Waals surface area (Å²) in [7, 11) is 0. The summed E-state index contributed by atoms with van der Waals surface area (Å²) in [5, 5.41) is 2.26.